The quantitative estimate of drug-likeness (QED) is 0.724. The summed E-state index contributed by atoms with van der Waals surface area (Å²) in [6.45, 7) is 2.89. The molecule has 0 aromatic heterocycles. The van der Waals surface area contributed by atoms with Crippen LogP contribution in [0.4, 0.5) is 0 Å². The van der Waals surface area contributed by atoms with Gasteiger partial charge in [-0.05, 0) is 50.6 Å². The number of ether oxygens (including phenoxy) is 2. The molecule has 1 saturated carbocycles. The van der Waals surface area contributed by atoms with E-state index in [1.54, 1.807) is 0 Å². The molecule has 0 bridgehead atoms. The van der Waals surface area contributed by atoms with Crippen molar-refractivity contribution in [2.45, 2.75) is 43.8 Å². The minimum atomic E-state index is -0.902. The molecule has 2 atom stereocenters. The first-order valence-electron chi connectivity index (χ1n) is 6.82. The molecular formula is C13H21NO4. The average Bonchev–Trinajstić information content (AvgIpc) is 2.69. The van der Waals surface area contributed by atoms with E-state index in [2.05, 4.69) is 5.32 Å². The van der Waals surface area contributed by atoms with E-state index < -0.39 is 12.1 Å². The van der Waals surface area contributed by atoms with Crippen molar-refractivity contribution in [3.05, 3.63) is 0 Å². The Hall–Kier alpha value is -0.650. The number of hydrogen-bond donors (Lipinski definition) is 2. The van der Waals surface area contributed by atoms with E-state index in [1.165, 1.54) is 12.8 Å². The van der Waals surface area contributed by atoms with E-state index in [4.69, 9.17) is 14.6 Å². The molecule has 5 heteroatoms. The van der Waals surface area contributed by atoms with Crippen LogP contribution in [0, 0.1) is 5.41 Å². The summed E-state index contributed by atoms with van der Waals surface area (Å²) in [7, 11) is 0. The second-order valence-corrected chi connectivity index (χ2v) is 6.07. The number of rotatable bonds is 1. The Labute approximate surface area is 107 Å². The van der Waals surface area contributed by atoms with E-state index >= 15 is 0 Å². The molecule has 18 heavy (non-hydrogen) atoms. The molecular weight excluding hydrogens is 234 g/mol. The summed E-state index contributed by atoms with van der Waals surface area (Å²) in [5.41, 5.74) is 0.0215. The van der Waals surface area contributed by atoms with Gasteiger partial charge >= 0.3 is 5.97 Å². The molecule has 2 aliphatic heterocycles. The lowest BCUT2D eigenvalue weighted by Gasteiger charge is -2.40. The summed E-state index contributed by atoms with van der Waals surface area (Å²) in [6.07, 6.45) is 4.62. The van der Waals surface area contributed by atoms with Crippen molar-refractivity contribution < 1.29 is 19.4 Å². The van der Waals surface area contributed by atoms with Gasteiger partial charge in [-0.15, -0.1) is 0 Å². The lowest BCUT2D eigenvalue weighted by atomic mass is 9.76. The van der Waals surface area contributed by atoms with Crippen molar-refractivity contribution in [2.75, 3.05) is 26.3 Å². The van der Waals surface area contributed by atoms with Gasteiger partial charge in [0.25, 0.3) is 0 Å². The predicted octanol–water partition coefficient (Wildman–Crippen LogP) is 0.779. The number of carboxylic acid groups (broad SMARTS) is 1. The lowest BCUT2D eigenvalue weighted by molar-refractivity contribution is -0.211. The maximum Gasteiger partial charge on any atom is 0.335 e. The van der Waals surface area contributed by atoms with E-state index in [1.807, 2.05) is 0 Å². The van der Waals surface area contributed by atoms with Gasteiger partial charge in [0.1, 0.15) is 0 Å². The molecule has 0 radical (unpaired) electrons. The van der Waals surface area contributed by atoms with Crippen molar-refractivity contribution in [1.29, 1.82) is 0 Å². The molecule has 0 aromatic carbocycles. The van der Waals surface area contributed by atoms with Crippen LogP contribution in [0.3, 0.4) is 0 Å². The largest absolute Gasteiger partial charge is 0.479 e. The molecule has 2 heterocycles. The second-order valence-electron chi connectivity index (χ2n) is 6.07. The molecule has 102 valence electrons. The Morgan fingerprint density at radius 3 is 2.72 bits per heavy atom. The summed E-state index contributed by atoms with van der Waals surface area (Å²) in [5.74, 6) is -0.902. The van der Waals surface area contributed by atoms with Gasteiger partial charge in [0, 0.05) is 0 Å². The summed E-state index contributed by atoms with van der Waals surface area (Å²) in [6, 6.07) is 0. The van der Waals surface area contributed by atoms with E-state index in [0.29, 0.717) is 12.0 Å². The zero-order chi connectivity index (χ0) is 12.6. The first-order valence-corrected chi connectivity index (χ1v) is 6.82. The van der Waals surface area contributed by atoms with Gasteiger partial charge in [-0.1, -0.05) is 0 Å². The fraction of sp³-hybridized carbons (Fsp3) is 0.923. The molecule has 0 amide bonds. The Balaban J connectivity index is 1.71. The van der Waals surface area contributed by atoms with Gasteiger partial charge < -0.3 is 19.9 Å². The first-order chi connectivity index (χ1) is 8.63. The number of carbonyl (C=O) groups is 1. The summed E-state index contributed by atoms with van der Waals surface area (Å²) >= 11 is 0. The Bertz CT molecular complexity index is 340. The lowest BCUT2D eigenvalue weighted by Crippen LogP contribution is -2.50. The third-order valence-electron chi connectivity index (χ3n) is 4.77. The van der Waals surface area contributed by atoms with Crippen LogP contribution in [0.2, 0.25) is 0 Å². The molecule has 5 nitrogen and oxygen atoms in total. The summed E-state index contributed by atoms with van der Waals surface area (Å²) in [5, 5.41) is 12.5. The van der Waals surface area contributed by atoms with Crippen LogP contribution < -0.4 is 5.32 Å². The molecule has 2 saturated heterocycles. The summed E-state index contributed by atoms with van der Waals surface area (Å²) in [4.78, 5) is 11.0. The minimum Gasteiger partial charge on any atom is -0.479 e. The van der Waals surface area contributed by atoms with Gasteiger partial charge in [0.05, 0.1) is 18.8 Å². The molecule has 2 N–H and O–H groups in total. The van der Waals surface area contributed by atoms with E-state index in [0.717, 1.165) is 32.4 Å². The SMILES string of the molecule is O=C(O)C1COCC2(CCC3(CCNCC3)C2)O1. The van der Waals surface area contributed by atoms with Crippen molar-refractivity contribution in [2.24, 2.45) is 5.41 Å². The van der Waals surface area contributed by atoms with Gasteiger partial charge in [0.15, 0.2) is 6.10 Å². The van der Waals surface area contributed by atoms with Crippen molar-refractivity contribution in [3.8, 4) is 0 Å². The smallest absolute Gasteiger partial charge is 0.335 e. The third kappa shape index (κ3) is 2.15. The maximum atomic E-state index is 11.0. The zero-order valence-electron chi connectivity index (χ0n) is 10.6. The van der Waals surface area contributed by atoms with Crippen LogP contribution in [0.1, 0.15) is 32.1 Å². The van der Waals surface area contributed by atoms with E-state index in [9.17, 15) is 4.79 Å². The number of aliphatic carboxylic acids is 1. The monoisotopic (exact) mass is 255 g/mol. The van der Waals surface area contributed by atoms with Gasteiger partial charge in [-0.25, -0.2) is 4.79 Å². The number of hydrogen-bond acceptors (Lipinski definition) is 4. The third-order valence-corrected chi connectivity index (χ3v) is 4.77. The van der Waals surface area contributed by atoms with Crippen molar-refractivity contribution in [3.63, 3.8) is 0 Å². The van der Waals surface area contributed by atoms with Crippen LogP contribution in [-0.4, -0.2) is 49.1 Å². The van der Waals surface area contributed by atoms with Gasteiger partial charge in [0.2, 0.25) is 0 Å². The standard InChI is InChI=1S/C13H21NO4/c15-11(16)10-7-17-9-13(18-10)2-1-12(8-13)3-5-14-6-4-12/h10,14H,1-9H2,(H,15,16). The molecule has 2 spiro atoms. The van der Waals surface area contributed by atoms with Crippen LogP contribution in [0.5, 0.6) is 0 Å². The fourth-order valence-corrected chi connectivity index (χ4v) is 3.80. The maximum absolute atomic E-state index is 11.0. The van der Waals surface area contributed by atoms with Crippen LogP contribution in [0.15, 0.2) is 0 Å². The molecule has 1 aliphatic carbocycles. The van der Waals surface area contributed by atoms with Crippen LogP contribution in [0.25, 0.3) is 0 Å². The van der Waals surface area contributed by atoms with Gasteiger partial charge in [-0.2, -0.15) is 0 Å². The van der Waals surface area contributed by atoms with E-state index in [-0.39, 0.29) is 12.2 Å². The average molecular weight is 255 g/mol. The van der Waals surface area contributed by atoms with Crippen molar-refractivity contribution >= 4 is 5.97 Å². The predicted molar refractivity (Wildman–Crippen MR) is 64.4 cm³/mol. The highest BCUT2D eigenvalue weighted by Gasteiger charge is 2.52. The normalized spacial score (nSPS) is 39.2. The topological polar surface area (TPSA) is 67.8 Å². The Kier molecular flexibility index (Phi) is 3.08. The molecule has 3 fully saturated rings. The Morgan fingerprint density at radius 1 is 1.22 bits per heavy atom. The van der Waals surface area contributed by atoms with Crippen LogP contribution >= 0.6 is 0 Å². The summed E-state index contributed by atoms with van der Waals surface area (Å²) < 4.78 is 11.4. The minimum absolute atomic E-state index is 0.186. The number of carboxylic acids is 1. The molecule has 0 aromatic rings. The molecule has 3 aliphatic rings. The Morgan fingerprint density at radius 2 is 2.00 bits per heavy atom. The van der Waals surface area contributed by atoms with Crippen LogP contribution in [-0.2, 0) is 14.3 Å². The highest BCUT2D eigenvalue weighted by Crippen LogP contribution is 2.52. The van der Waals surface area contributed by atoms with Gasteiger partial charge in [-0.3, -0.25) is 0 Å². The second kappa shape index (κ2) is 4.47. The number of nitrogens with one attached hydrogen (secondary N) is 1. The molecule has 3 rings (SSSR count). The fourth-order valence-electron chi connectivity index (χ4n) is 3.80. The number of piperidine rings is 1. The highest BCUT2D eigenvalue weighted by molar-refractivity contribution is 5.72. The van der Waals surface area contributed by atoms with Crippen molar-refractivity contribution in [1.82, 2.24) is 5.32 Å². The first kappa shape index (κ1) is 12.4. The zero-order valence-corrected chi connectivity index (χ0v) is 10.6. The highest BCUT2D eigenvalue weighted by atomic mass is 16.6. The molecule has 2 unspecified atom stereocenters.